The molecule has 0 radical (unpaired) electrons. The average Bonchev–Trinajstić information content (AvgIpc) is 2.92. The number of carbonyl (C=O) groups is 1. The second-order valence-electron chi connectivity index (χ2n) is 5.62. The Hall–Kier alpha value is -2.21. The predicted molar refractivity (Wildman–Crippen MR) is 81.4 cm³/mol. The van der Waals surface area contributed by atoms with Gasteiger partial charge in [-0.25, -0.2) is 4.98 Å². The van der Waals surface area contributed by atoms with Gasteiger partial charge in [-0.05, 0) is 25.5 Å². The van der Waals surface area contributed by atoms with Gasteiger partial charge in [0.15, 0.2) is 0 Å². The lowest BCUT2D eigenvalue weighted by Gasteiger charge is -2.34. The Labute approximate surface area is 129 Å². The van der Waals surface area contributed by atoms with Gasteiger partial charge in [0, 0.05) is 32.6 Å². The van der Waals surface area contributed by atoms with E-state index >= 15 is 0 Å². The van der Waals surface area contributed by atoms with Crippen LogP contribution in [0.5, 0.6) is 0 Å². The topological polar surface area (TPSA) is 60.2 Å². The van der Waals surface area contributed by atoms with E-state index in [4.69, 9.17) is 4.74 Å². The summed E-state index contributed by atoms with van der Waals surface area (Å²) in [5.74, 6) is 0.915. The van der Waals surface area contributed by atoms with E-state index < -0.39 is 0 Å². The summed E-state index contributed by atoms with van der Waals surface area (Å²) in [6, 6.07) is 1.81. The van der Waals surface area contributed by atoms with Crippen molar-refractivity contribution in [1.82, 2.24) is 19.4 Å². The number of rotatable bonds is 3. The number of imidazole rings is 1. The van der Waals surface area contributed by atoms with Crippen LogP contribution in [0.25, 0.3) is 0 Å². The summed E-state index contributed by atoms with van der Waals surface area (Å²) in [6.07, 6.45) is 5.21. The molecule has 0 fully saturated rings. The number of aryl methyl sites for hydroxylation is 1. The van der Waals surface area contributed by atoms with E-state index in [1.54, 1.807) is 19.5 Å². The largest absolute Gasteiger partial charge is 0.378 e. The number of aromatic nitrogens is 3. The number of carbonyl (C=O) groups excluding carboxylic acids is 1. The van der Waals surface area contributed by atoms with Crippen molar-refractivity contribution in [3.05, 3.63) is 47.3 Å². The maximum absolute atomic E-state index is 12.7. The molecule has 0 aromatic carbocycles. The van der Waals surface area contributed by atoms with Crippen molar-refractivity contribution in [2.45, 2.75) is 33.0 Å². The minimum atomic E-state index is -0.0626. The van der Waals surface area contributed by atoms with Gasteiger partial charge in [0.25, 0.3) is 5.91 Å². The van der Waals surface area contributed by atoms with Gasteiger partial charge in [-0.3, -0.25) is 9.78 Å². The molecule has 1 amide bonds. The zero-order valence-electron chi connectivity index (χ0n) is 13.1. The molecule has 0 spiro atoms. The maximum atomic E-state index is 12.7. The van der Waals surface area contributed by atoms with Gasteiger partial charge in [-0.2, -0.15) is 0 Å². The minimum absolute atomic E-state index is 0.00578. The molecule has 1 aliphatic rings. The molecule has 0 aliphatic carbocycles. The molecule has 0 bridgehead atoms. The van der Waals surface area contributed by atoms with Gasteiger partial charge >= 0.3 is 0 Å². The number of fused-ring (bicyclic) bond motifs is 1. The summed E-state index contributed by atoms with van der Waals surface area (Å²) in [5, 5.41) is 0. The quantitative estimate of drug-likeness (QED) is 0.869. The molecular weight excluding hydrogens is 280 g/mol. The normalized spacial score (nSPS) is 17.4. The van der Waals surface area contributed by atoms with Crippen molar-refractivity contribution in [3.63, 3.8) is 0 Å². The van der Waals surface area contributed by atoms with Crippen LogP contribution in [0, 0.1) is 6.92 Å². The molecule has 1 atom stereocenters. The molecular formula is C16H20N4O2. The first-order valence-corrected chi connectivity index (χ1v) is 7.37. The van der Waals surface area contributed by atoms with E-state index in [2.05, 4.69) is 14.5 Å². The van der Waals surface area contributed by atoms with Gasteiger partial charge in [-0.1, -0.05) is 0 Å². The van der Waals surface area contributed by atoms with Crippen molar-refractivity contribution in [1.29, 1.82) is 0 Å². The smallest absolute Gasteiger partial charge is 0.256 e. The fraction of sp³-hybridized carbons (Fsp3) is 0.438. The number of pyridine rings is 1. The SMILES string of the molecule is COCc1cnc2n1CCN(C(=O)c1cncc(C)c1)[C@H]2C. The van der Waals surface area contributed by atoms with Crippen molar-refractivity contribution < 1.29 is 9.53 Å². The molecule has 22 heavy (non-hydrogen) atoms. The van der Waals surface area contributed by atoms with Crippen LogP contribution in [0.1, 0.15) is 40.4 Å². The number of methoxy groups -OCH3 is 1. The molecule has 2 aromatic heterocycles. The first kappa shape index (κ1) is 14.7. The summed E-state index contributed by atoms with van der Waals surface area (Å²) >= 11 is 0. The Morgan fingerprint density at radius 3 is 2.91 bits per heavy atom. The summed E-state index contributed by atoms with van der Waals surface area (Å²) < 4.78 is 7.34. The highest BCUT2D eigenvalue weighted by atomic mass is 16.5. The van der Waals surface area contributed by atoms with Crippen LogP contribution in [0.4, 0.5) is 0 Å². The third kappa shape index (κ3) is 2.50. The van der Waals surface area contributed by atoms with Crippen molar-refractivity contribution >= 4 is 5.91 Å². The molecule has 0 N–H and O–H groups in total. The summed E-state index contributed by atoms with van der Waals surface area (Å²) in [5.41, 5.74) is 2.66. The van der Waals surface area contributed by atoms with Crippen LogP contribution in [0.15, 0.2) is 24.7 Å². The standard InChI is InChI=1S/C16H20N4O2/c1-11-6-13(8-17-7-11)16(21)19-4-5-20-14(10-22-3)9-18-15(20)12(19)2/h6-9,12H,4-5,10H2,1-3H3/t12-/m0/s1. The van der Waals surface area contributed by atoms with Gasteiger partial charge in [-0.15, -0.1) is 0 Å². The van der Waals surface area contributed by atoms with Crippen LogP contribution >= 0.6 is 0 Å². The molecule has 3 rings (SSSR count). The van der Waals surface area contributed by atoms with Crippen molar-refractivity contribution in [2.24, 2.45) is 0 Å². The molecule has 3 heterocycles. The van der Waals surface area contributed by atoms with E-state index in [1.807, 2.05) is 31.0 Å². The van der Waals surface area contributed by atoms with E-state index in [0.29, 0.717) is 18.7 Å². The number of hydrogen-bond donors (Lipinski definition) is 0. The van der Waals surface area contributed by atoms with Crippen LogP contribution in [-0.4, -0.2) is 39.0 Å². The Morgan fingerprint density at radius 2 is 2.18 bits per heavy atom. The molecule has 6 nitrogen and oxygen atoms in total. The highest BCUT2D eigenvalue weighted by Gasteiger charge is 2.30. The highest BCUT2D eigenvalue weighted by molar-refractivity contribution is 5.94. The van der Waals surface area contributed by atoms with Crippen LogP contribution < -0.4 is 0 Å². The summed E-state index contributed by atoms with van der Waals surface area (Å²) in [6.45, 7) is 5.88. The van der Waals surface area contributed by atoms with Crippen molar-refractivity contribution in [3.8, 4) is 0 Å². The Balaban J connectivity index is 1.86. The Morgan fingerprint density at radius 1 is 1.36 bits per heavy atom. The van der Waals surface area contributed by atoms with E-state index in [9.17, 15) is 4.79 Å². The number of hydrogen-bond acceptors (Lipinski definition) is 4. The van der Waals surface area contributed by atoms with Gasteiger partial charge in [0.05, 0.1) is 30.1 Å². The molecule has 0 unspecified atom stereocenters. The number of amides is 1. The first-order chi connectivity index (χ1) is 10.6. The van der Waals surface area contributed by atoms with Crippen LogP contribution in [0.3, 0.4) is 0 Å². The van der Waals surface area contributed by atoms with E-state index in [1.165, 1.54) is 0 Å². The fourth-order valence-corrected chi connectivity index (χ4v) is 2.94. The number of ether oxygens (including phenoxy) is 1. The predicted octanol–water partition coefficient (Wildman–Crippen LogP) is 1.95. The molecule has 116 valence electrons. The monoisotopic (exact) mass is 300 g/mol. The molecule has 0 saturated heterocycles. The van der Waals surface area contributed by atoms with Crippen LogP contribution in [0.2, 0.25) is 0 Å². The molecule has 1 aliphatic heterocycles. The second-order valence-corrected chi connectivity index (χ2v) is 5.62. The zero-order chi connectivity index (χ0) is 15.7. The third-order valence-corrected chi connectivity index (χ3v) is 4.05. The maximum Gasteiger partial charge on any atom is 0.256 e. The van der Waals surface area contributed by atoms with Gasteiger partial charge < -0.3 is 14.2 Å². The van der Waals surface area contributed by atoms with Gasteiger partial charge in [0.1, 0.15) is 5.82 Å². The van der Waals surface area contributed by atoms with Crippen molar-refractivity contribution in [2.75, 3.05) is 13.7 Å². The van der Waals surface area contributed by atoms with Gasteiger partial charge in [0.2, 0.25) is 0 Å². The second kappa shape index (κ2) is 5.88. The lowest BCUT2D eigenvalue weighted by Crippen LogP contribution is -2.41. The van der Waals surface area contributed by atoms with E-state index in [-0.39, 0.29) is 11.9 Å². The lowest BCUT2D eigenvalue weighted by atomic mass is 10.1. The average molecular weight is 300 g/mol. The third-order valence-electron chi connectivity index (χ3n) is 4.05. The minimum Gasteiger partial charge on any atom is -0.378 e. The lowest BCUT2D eigenvalue weighted by molar-refractivity contribution is 0.0632. The first-order valence-electron chi connectivity index (χ1n) is 7.37. The van der Waals surface area contributed by atoms with E-state index in [0.717, 1.165) is 23.6 Å². The zero-order valence-corrected chi connectivity index (χ0v) is 13.1. The molecule has 2 aromatic rings. The Kier molecular flexibility index (Phi) is 3.94. The highest BCUT2D eigenvalue weighted by Crippen LogP contribution is 2.27. The fourth-order valence-electron chi connectivity index (χ4n) is 2.94. The summed E-state index contributed by atoms with van der Waals surface area (Å²) in [7, 11) is 1.67. The molecule has 6 heteroatoms. The Bertz CT molecular complexity index is 695. The number of nitrogens with zero attached hydrogens (tertiary/aromatic N) is 4. The molecule has 0 saturated carbocycles. The summed E-state index contributed by atoms with van der Waals surface area (Å²) in [4.78, 5) is 23.2. The van der Waals surface area contributed by atoms with Crippen LogP contribution in [-0.2, 0) is 17.9 Å².